The van der Waals surface area contributed by atoms with E-state index >= 15 is 0 Å². The number of oxazole rings is 1. The van der Waals surface area contributed by atoms with Gasteiger partial charge in [0, 0.05) is 5.92 Å². The average molecular weight is 191 g/mol. The zero-order chi connectivity index (χ0) is 10.1. The van der Waals surface area contributed by atoms with E-state index in [9.17, 15) is 4.79 Å². The molecule has 5 nitrogen and oxygen atoms in total. The van der Waals surface area contributed by atoms with Gasteiger partial charge in [-0.3, -0.25) is 4.79 Å². The minimum absolute atomic E-state index is 0.186. The first kappa shape index (κ1) is 8.80. The predicted molar refractivity (Wildman–Crippen MR) is 49.1 cm³/mol. The summed E-state index contributed by atoms with van der Waals surface area (Å²) in [5, 5.41) is 0. The smallest absolute Gasteiger partial charge is 0.266 e. The van der Waals surface area contributed by atoms with Crippen LogP contribution < -0.4 is 0 Å². The minimum atomic E-state index is 0.186. The highest BCUT2D eigenvalue weighted by Gasteiger charge is 2.11. The third kappa shape index (κ3) is 1.37. The topological polar surface area (TPSA) is 68.9 Å². The molecule has 14 heavy (non-hydrogen) atoms. The number of rotatable bonds is 2. The molecule has 0 aromatic carbocycles. The van der Waals surface area contributed by atoms with Gasteiger partial charge in [-0.05, 0) is 0 Å². The van der Waals surface area contributed by atoms with Gasteiger partial charge in [-0.2, -0.15) is 4.98 Å². The molecule has 0 aliphatic heterocycles. The molecule has 0 radical (unpaired) electrons. The second-order valence-corrected chi connectivity index (χ2v) is 3.25. The largest absolute Gasteiger partial charge is 0.421 e. The number of hydrogen-bond acceptors (Lipinski definition) is 5. The summed E-state index contributed by atoms with van der Waals surface area (Å²) >= 11 is 0. The van der Waals surface area contributed by atoms with Crippen LogP contribution >= 0.6 is 0 Å². The number of aromatic nitrogens is 3. The summed E-state index contributed by atoms with van der Waals surface area (Å²) in [6.07, 6.45) is 2.00. The number of carbonyl (C=O) groups is 1. The number of aldehydes is 1. The Morgan fingerprint density at radius 3 is 2.86 bits per heavy atom. The van der Waals surface area contributed by atoms with Crippen LogP contribution in [0.15, 0.2) is 10.6 Å². The lowest BCUT2D eigenvalue weighted by molar-refractivity contribution is 0.111. The van der Waals surface area contributed by atoms with Gasteiger partial charge < -0.3 is 4.42 Å². The molecule has 5 heteroatoms. The monoisotopic (exact) mass is 191 g/mol. The van der Waals surface area contributed by atoms with Gasteiger partial charge in [0.1, 0.15) is 5.69 Å². The van der Waals surface area contributed by atoms with E-state index in [0.29, 0.717) is 23.5 Å². The fraction of sp³-hybridized carbons (Fsp3) is 0.333. The first-order chi connectivity index (χ1) is 6.70. The molecule has 0 bridgehead atoms. The van der Waals surface area contributed by atoms with E-state index in [1.54, 1.807) is 0 Å². The van der Waals surface area contributed by atoms with Crippen molar-refractivity contribution >= 4 is 17.6 Å². The number of carbonyl (C=O) groups excluding carboxylic acids is 1. The molecule has 0 saturated carbocycles. The normalized spacial score (nSPS) is 11.1. The molecule has 0 unspecified atom stereocenters. The van der Waals surface area contributed by atoms with E-state index < -0.39 is 0 Å². The molecule has 2 aromatic rings. The van der Waals surface area contributed by atoms with Crippen LogP contribution in [0.4, 0.5) is 0 Å². The van der Waals surface area contributed by atoms with Gasteiger partial charge in [-0.1, -0.05) is 13.8 Å². The SMILES string of the molecule is CC(C)c1nc2nc(C=O)cnc2o1. The van der Waals surface area contributed by atoms with Gasteiger partial charge in [0.25, 0.3) is 5.71 Å². The van der Waals surface area contributed by atoms with Gasteiger partial charge >= 0.3 is 0 Å². The summed E-state index contributed by atoms with van der Waals surface area (Å²) < 4.78 is 5.33. The lowest BCUT2D eigenvalue weighted by Gasteiger charge is -1.92. The lowest BCUT2D eigenvalue weighted by atomic mass is 10.2. The molecule has 0 fully saturated rings. The van der Waals surface area contributed by atoms with Gasteiger partial charge in [0.15, 0.2) is 6.29 Å². The maximum absolute atomic E-state index is 10.4. The van der Waals surface area contributed by atoms with E-state index in [4.69, 9.17) is 4.42 Å². The second-order valence-electron chi connectivity index (χ2n) is 3.25. The standard InChI is InChI=1S/C9H9N3O2/c1-5(2)8-12-7-9(14-8)10-3-6(4-13)11-7/h3-5H,1-2H3. The van der Waals surface area contributed by atoms with Crippen LogP contribution in [0.2, 0.25) is 0 Å². The predicted octanol–water partition coefficient (Wildman–Crippen LogP) is 1.55. The molecule has 0 aliphatic carbocycles. The van der Waals surface area contributed by atoms with Gasteiger partial charge in [-0.15, -0.1) is 0 Å². The van der Waals surface area contributed by atoms with Crippen molar-refractivity contribution in [3.8, 4) is 0 Å². The van der Waals surface area contributed by atoms with Crippen molar-refractivity contribution in [1.82, 2.24) is 15.0 Å². The maximum atomic E-state index is 10.4. The summed E-state index contributed by atoms with van der Waals surface area (Å²) in [6, 6.07) is 0. The molecule has 2 heterocycles. The number of hydrogen-bond donors (Lipinski definition) is 0. The summed E-state index contributed by atoms with van der Waals surface area (Å²) in [6.45, 7) is 3.93. The average Bonchev–Trinajstić information content (AvgIpc) is 2.59. The van der Waals surface area contributed by atoms with Crippen LogP contribution in [0.25, 0.3) is 11.4 Å². The van der Waals surface area contributed by atoms with Crippen molar-refractivity contribution in [3.63, 3.8) is 0 Å². The number of nitrogens with zero attached hydrogens (tertiary/aromatic N) is 3. The van der Waals surface area contributed by atoms with E-state index in [1.807, 2.05) is 13.8 Å². The molecule has 0 amide bonds. The summed E-state index contributed by atoms with van der Waals surface area (Å²) in [5.41, 5.74) is 1.03. The highest BCUT2D eigenvalue weighted by Crippen LogP contribution is 2.17. The van der Waals surface area contributed by atoms with Crippen LogP contribution in [-0.2, 0) is 0 Å². The van der Waals surface area contributed by atoms with Gasteiger partial charge in [-0.25, -0.2) is 9.97 Å². The van der Waals surface area contributed by atoms with Gasteiger partial charge in [0.2, 0.25) is 11.5 Å². The van der Waals surface area contributed by atoms with Crippen LogP contribution in [0.3, 0.4) is 0 Å². The maximum Gasteiger partial charge on any atom is 0.266 e. The van der Waals surface area contributed by atoms with Crippen LogP contribution in [0, 0.1) is 0 Å². The van der Waals surface area contributed by atoms with Crippen LogP contribution in [-0.4, -0.2) is 21.2 Å². The zero-order valence-corrected chi connectivity index (χ0v) is 7.89. The highest BCUT2D eigenvalue weighted by molar-refractivity contribution is 5.75. The molecule has 0 N–H and O–H groups in total. The van der Waals surface area contributed by atoms with Crippen LogP contribution in [0.5, 0.6) is 0 Å². The zero-order valence-electron chi connectivity index (χ0n) is 7.89. The quantitative estimate of drug-likeness (QED) is 0.673. The molecule has 72 valence electrons. The van der Waals surface area contributed by atoms with Crippen molar-refractivity contribution in [1.29, 1.82) is 0 Å². The Morgan fingerprint density at radius 1 is 1.43 bits per heavy atom. The third-order valence-corrected chi connectivity index (χ3v) is 1.77. The third-order valence-electron chi connectivity index (χ3n) is 1.77. The minimum Gasteiger partial charge on any atom is -0.421 e. The summed E-state index contributed by atoms with van der Waals surface area (Å²) in [7, 11) is 0. The van der Waals surface area contributed by atoms with Crippen molar-refractivity contribution in [2.24, 2.45) is 0 Å². The molecule has 2 aromatic heterocycles. The summed E-state index contributed by atoms with van der Waals surface area (Å²) in [5.74, 6) is 0.772. The molecule has 0 atom stereocenters. The molecule has 2 rings (SSSR count). The Morgan fingerprint density at radius 2 is 2.21 bits per heavy atom. The van der Waals surface area contributed by atoms with Crippen LogP contribution in [0.1, 0.15) is 36.1 Å². The van der Waals surface area contributed by atoms with Gasteiger partial charge in [0.05, 0.1) is 6.20 Å². The highest BCUT2D eigenvalue weighted by atomic mass is 16.4. The Bertz CT molecular complexity index is 476. The lowest BCUT2D eigenvalue weighted by Crippen LogP contribution is -1.89. The Labute approximate surface area is 80.2 Å². The molecule has 0 saturated heterocycles. The molecular formula is C9H9N3O2. The first-order valence-electron chi connectivity index (χ1n) is 4.29. The first-order valence-corrected chi connectivity index (χ1v) is 4.29. The van der Waals surface area contributed by atoms with E-state index in [-0.39, 0.29) is 11.6 Å². The molecule has 0 aliphatic rings. The number of fused-ring (bicyclic) bond motifs is 1. The fourth-order valence-corrected chi connectivity index (χ4v) is 1.06. The molecule has 0 spiro atoms. The Hall–Kier alpha value is -1.78. The summed E-state index contributed by atoms with van der Waals surface area (Å²) in [4.78, 5) is 22.4. The van der Waals surface area contributed by atoms with E-state index in [2.05, 4.69) is 15.0 Å². The Balaban J connectivity index is 2.59. The van der Waals surface area contributed by atoms with E-state index in [0.717, 1.165) is 0 Å². The second kappa shape index (κ2) is 3.17. The fourth-order valence-electron chi connectivity index (χ4n) is 1.06. The van der Waals surface area contributed by atoms with Crippen molar-refractivity contribution in [2.75, 3.05) is 0 Å². The van der Waals surface area contributed by atoms with Crippen molar-refractivity contribution in [3.05, 3.63) is 17.8 Å². The molecular weight excluding hydrogens is 182 g/mol. The van der Waals surface area contributed by atoms with Crippen molar-refractivity contribution < 1.29 is 9.21 Å². The Kier molecular flexibility index (Phi) is 1.99. The van der Waals surface area contributed by atoms with Crippen molar-refractivity contribution in [2.45, 2.75) is 19.8 Å². The van der Waals surface area contributed by atoms with E-state index in [1.165, 1.54) is 6.20 Å².